The highest BCUT2D eigenvalue weighted by molar-refractivity contribution is 7.13. The smallest absolute Gasteiger partial charge is 0.422 e. The van der Waals surface area contributed by atoms with Gasteiger partial charge < -0.3 is 14.2 Å². The molecule has 1 aliphatic heterocycles. The van der Waals surface area contributed by atoms with Gasteiger partial charge >= 0.3 is 6.18 Å². The summed E-state index contributed by atoms with van der Waals surface area (Å²) >= 11 is 1.57. The molecule has 0 radical (unpaired) electrons. The van der Waals surface area contributed by atoms with Gasteiger partial charge in [0.25, 0.3) is 5.91 Å². The van der Waals surface area contributed by atoms with E-state index in [4.69, 9.17) is 4.52 Å². The predicted octanol–water partition coefficient (Wildman–Crippen LogP) is 4.13. The van der Waals surface area contributed by atoms with Crippen LogP contribution in [0, 0.1) is 0 Å². The SMILES string of the molecule is O=C(c1ccc(OCC(F)(F)F)cc1)N1CCN(CCCc2nc(-c3cccs3)no2)CC1. The fourth-order valence-electron chi connectivity index (χ4n) is 3.53. The third-order valence-corrected chi connectivity index (χ3v) is 6.10. The minimum Gasteiger partial charge on any atom is -0.484 e. The van der Waals surface area contributed by atoms with Gasteiger partial charge in [-0.15, -0.1) is 11.3 Å². The van der Waals surface area contributed by atoms with Gasteiger partial charge in [0.1, 0.15) is 5.75 Å². The Morgan fingerprint density at radius 3 is 2.55 bits per heavy atom. The van der Waals surface area contributed by atoms with Crippen LogP contribution in [-0.2, 0) is 6.42 Å². The van der Waals surface area contributed by atoms with Crippen LogP contribution in [0.5, 0.6) is 5.75 Å². The maximum absolute atomic E-state index is 12.7. The molecule has 0 saturated carbocycles. The minimum absolute atomic E-state index is 0.0810. The number of hydrogen-bond acceptors (Lipinski definition) is 7. The van der Waals surface area contributed by atoms with Gasteiger partial charge in [0.05, 0.1) is 4.88 Å². The molecular weight excluding hydrogens is 457 g/mol. The Hall–Kier alpha value is -2.92. The van der Waals surface area contributed by atoms with Crippen LogP contribution in [0.1, 0.15) is 22.7 Å². The van der Waals surface area contributed by atoms with E-state index in [1.165, 1.54) is 24.3 Å². The number of thiophene rings is 1. The summed E-state index contributed by atoms with van der Waals surface area (Å²) in [6.07, 6.45) is -2.83. The van der Waals surface area contributed by atoms with Gasteiger partial charge in [-0.05, 0) is 48.7 Å². The van der Waals surface area contributed by atoms with Crippen molar-refractivity contribution in [2.75, 3.05) is 39.3 Å². The number of alkyl halides is 3. The molecule has 0 bridgehead atoms. The molecular formula is C22H23F3N4O3S. The number of carbonyl (C=O) groups excluding carboxylic acids is 1. The first-order chi connectivity index (χ1) is 15.9. The van der Waals surface area contributed by atoms with E-state index in [0.717, 1.165) is 30.9 Å². The highest BCUT2D eigenvalue weighted by Gasteiger charge is 2.28. The quantitative estimate of drug-likeness (QED) is 0.483. The Balaban J connectivity index is 1.18. The van der Waals surface area contributed by atoms with Crippen molar-refractivity contribution in [3.63, 3.8) is 0 Å². The van der Waals surface area contributed by atoms with Gasteiger partial charge in [0.2, 0.25) is 11.7 Å². The number of piperazine rings is 1. The lowest BCUT2D eigenvalue weighted by Crippen LogP contribution is -2.48. The molecule has 1 saturated heterocycles. The summed E-state index contributed by atoms with van der Waals surface area (Å²) in [5.74, 6) is 1.18. The van der Waals surface area contributed by atoms with Crippen LogP contribution in [0.4, 0.5) is 13.2 Å². The predicted molar refractivity (Wildman–Crippen MR) is 116 cm³/mol. The number of carbonyl (C=O) groups is 1. The lowest BCUT2D eigenvalue weighted by molar-refractivity contribution is -0.153. The molecule has 1 aromatic carbocycles. The van der Waals surface area contributed by atoms with Crippen LogP contribution < -0.4 is 4.74 Å². The molecule has 0 atom stereocenters. The molecule has 33 heavy (non-hydrogen) atoms. The molecule has 3 heterocycles. The van der Waals surface area contributed by atoms with E-state index in [1.54, 1.807) is 16.2 Å². The lowest BCUT2D eigenvalue weighted by atomic mass is 10.1. The molecule has 0 N–H and O–H groups in total. The van der Waals surface area contributed by atoms with Gasteiger partial charge in [-0.3, -0.25) is 9.69 Å². The largest absolute Gasteiger partial charge is 0.484 e. The number of benzene rings is 1. The Labute approximate surface area is 192 Å². The number of rotatable bonds is 8. The van der Waals surface area contributed by atoms with Crippen molar-refractivity contribution < 1.29 is 27.2 Å². The average Bonchev–Trinajstić information content (AvgIpc) is 3.50. The first-order valence-corrected chi connectivity index (χ1v) is 11.4. The maximum Gasteiger partial charge on any atom is 0.422 e. The zero-order valence-corrected chi connectivity index (χ0v) is 18.6. The number of aryl methyl sites for hydroxylation is 1. The summed E-state index contributed by atoms with van der Waals surface area (Å²) in [7, 11) is 0. The lowest BCUT2D eigenvalue weighted by Gasteiger charge is -2.34. The summed E-state index contributed by atoms with van der Waals surface area (Å²) < 4.78 is 46.7. The van der Waals surface area contributed by atoms with Gasteiger partial charge in [-0.2, -0.15) is 18.2 Å². The second-order valence-corrected chi connectivity index (χ2v) is 8.60. The highest BCUT2D eigenvalue weighted by Crippen LogP contribution is 2.22. The molecule has 11 heteroatoms. The van der Waals surface area contributed by atoms with Gasteiger partial charge in [-0.25, -0.2) is 0 Å². The van der Waals surface area contributed by atoms with E-state index >= 15 is 0 Å². The number of nitrogens with zero attached hydrogens (tertiary/aromatic N) is 4. The molecule has 0 aliphatic carbocycles. The van der Waals surface area contributed by atoms with Crippen LogP contribution in [0.25, 0.3) is 10.7 Å². The second kappa shape index (κ2) is 10.3. The molecule has 2 aromatic heterocycles. The topological polar surface area (TPSA) is 71.7 Å². The number of aromatic nitrogens is 2. The van der Waals surface area contributed by atoms with Crippen LogP contribution >= 0.6 is 11.3 Å². The van der Waals surface area contributed by atoms with Crippen LogP contribution in [0.15, 0.2) is 46.3 Å². The van der Waals surface area contributed by atoms with Crippen LogP contribution in [0.2, 0.25) is 0 Å². The summed E-state index contributed by atoms with van der Waals surface area (Å²) in [5, 5.41) is 5.99. The number of halogens is 3. The third-order valence-electron chi connectivity index (χ3n) is 5.24. The first kappa shape index (κ1) is 23.2. The third kappa shape index (κ3) is 6.55. The highest BCUT2D eigenvalue weighted by atomic mass is 32.1. The summed E-state index contributed by atoms with van der Waals surface area (Å²) in [5.41, 5.74) is 0.431. The standard InChI is InChI=1S/C22H23F3N4O3S/c23-22(24,25)15-31-17-7-5-16(6-8-17)21(30)29-12-10-28(11-13-29)9-1-4-19-26-20(27-32-19)18-3-2-14-33-18/h2-3,5-8,14H,1,4,9-13,15H2. The number of hydrogen-bond donors (Lipinski definition) is 0. The Morgan fingerprint density at radius 1 is 1.12 bits per heavy atom. The Bertz CT molecular complexity index is 1030. The molecule has 3 aromatic rings. The molecule has 0 spiro atoms. The van der Waals surface area contributed by atoms with Crippen molar-refractivity contribution in [3.05, 3.63) is 53.2 Å². The Kier molecular flexibility index (Phi) is 7.29. The number of amides is 1. The van der Waals surface area contributed by atoms with Crippen molar-refractivity contribution in [2.45, 2.75) is 19.0 Å². The summed E-state index contributed by atoms with van der Waals surface area (Å²) in [6.45, 7) is 2.20. The van der Waals surface area contributed by atoms with E-state index < -0.39 is 12.8 Å². The fourth-order valence-corrected chi connectivity index (χ4v) is 4.18. The molecule has 1 aliphatic rings. The van der Waals surface area contributed by atoms with Crippen molar-refractivity contribution in [2.24, 2.45) is 0 Å². The fraction of sp³-hybridized carbons (Fsp3) is 0.409. The molecule has 176 valence electrons. The van der Waals surface area contributed by atoms with Crippen molar-refractivity contribution in [3.8, 4) is 16.5 Å². The monoisotopic (exact) mass is 480 g/mol. The summed E-state index contributed by atoms with van der Waals surface area (Å²) in [6, 6.07) is 9.66. The van der Waals surface area contributed by atoms with E-state index in [-0.39, 0.29) is 11.7 Å². The van der Waals surface area contributed by atoms with Gasteiger partial charge in [-0.1, -0.05) is 11.2 Å². The van der Waals surface area contributed by atoms with Crippen LogP contribution in [0.3, 0.4) is 0 Å². The van der Waals surface area contributed by atoms with E-state index in [0.29, 0.717) is 36.8 Å². The summed E-state index contributed by atoms with van der Waals surface area (Å²) in [4.78, 5) is 22.1. The molecule has 1 fully saturated rings. The normalized spacial score (nSPS) is 15.1. The zero-order chi connectivity index (χ0) is 23.3. The van der Waals surface area contributed by atoms with Crippen LogP contribution in [-0.4, -0.2) is 71.4 Å². The second-order valence-electron chi connectivity index (χ2n) is 7.65. The van der Waals surface area contributed by atoms with E-state index in [9.17, 15) is 18.0 Å². The molecule has 4 rings (SSSR count). The Morgan fingerprint density at radius 2 is 1.88 bits per heavy atom. The van der Waals surface area contributed by atoms with Crippen molar-refractivity contribution in [1.82, 2.24) is 19.9 Å². The van der Waals surface area contributed by atoms with E-state index in [1.807, 2.05) is 17.5 Å². The minimum atomic E-state index is -4.40. The molecule has 1 amide bonds. The van der Waals surface area contributed by atoms with Crippen molar-refractivity contribution in [1.29, 1.82) is 0 Å². The first-order valence-electron chi connectivity index (χ1n) is 10.5. The zero-order valence-electron chi connectivity index (χ0n) is 17.8. The average molecular weight is 481 g/mol. The maximum atomic E-state index is 12.7. The molecule has 7 nitrogen and oxygen atoms in total. The van der Waals surface area contributed by atoms with Gasteiger partial charge in [0, 0.05) is 38.2 Å². The van der Waals surface area contributed by atoms with Crippen molar-refractivity contribution >= 4 is 17.2 Å². The van der Waals surface area contributed by atoms with Gasteiger partial charge in [0.15, 0.2) is 6.61 Å². The molecule has 0 unspecified atom stereocenters. The number of ether oxygens (including phenoxy) is 1. The van der Waals surface area contributed by atoms with E-state index in [2.05, 4.69) is 19.8 Å².